The number of hydrogen-bond donors (Lipinski definition) is 1. The molecule has 1 unspecified atom stereocenters. The van der Waals surface area contributed by atoms with Crippen LogP contribution in [0.4, 0.5) is 0 Å². The molecule has 0 aliphatic heterocycles. The second-order valence-electron chi connectivity index (χ2n) is 5.95. The molecule has 0 radical (unpaired) electrons. The zero-order chi connectivity index (χ0) is 12.2. The van der Waals surface area contributed by atoms with Crippen LogP contribution in [0.15, 0.2) is 0 Å². The van der Waals surface area contributed by atoms with Crippen molar-refractivity contribution < 1.29 is 0 Å². The summed E-state index contributed by atoms with van der Waals surface area (Å²) in [5, 5.41) is 3.52. The van der Waals surface area contributed by atoms with E-state index in [1.807, 2.05) is 0 Å². The molecular weight excluding hydrogens is 194 g/mol. The van der Waals surface area contributed by atoms with Crippen molar-refractivity contribution in [3.05, 3.63) is 0 Å². The van der Waals surface area contributed by atoms with Gasteiger partial charge in [-0.15, -0.1) is 6.42 Å². The Labute approximate surface area is 101 Å². The summed E-state index contributed by atoms with van der Waals surface area (Å²) in [6, 6.07) is 0.871. The van der Waals surface area contributed by atoms with Crippen molar-refractivity contribution in [1.82, 2.24) is 5.32 Å². The van der Waals surface area contributed by atoms with Crippen LogP contribution in [-0.4, -0.2) is 12.1 Å². The van der Waals surface area contributed by atoms with Gasteiger partial charge in [0.25, 0.3) is 0 Å². The molecule has 0 aromatic heterocycles. The van der Waals surface area contributed by atoms with Crippen molar-refractivity contribution in [2.45, 2.75) is 71.9 Å². The predicted molar refractivity (Wildman–Crippen MR) is 71.2 cm³/mol. The van der Waals surface area contributed by atoms with E-state index >= 15 is 0 Å². The van der Waals surface area contributed by atoms with Gasteiger partial charge in [0.15, 0.2) is 0 Å². The number of terminal acetylenes is 1. The molecule has 16 heavy (non-hydrogen) atoms. The molecular formula is C15H27N. The summed E-state index contributed by atoms with van der Waals surface area (Å²) in [4.78, 5) is 0. The normalized spacial score (nSPS) is 28.4. The highest BCUT2D eigenvalue weighted by molar-refractivity contribution is 4.98. The summed E-state index contributed by atoms with van der Waals surface area (Å²) in [5.41, 5.74) is 0.517. The number of rotatable bonds is 4. The van der Waals surface area contributed by atoms with E-state index in [0.29, 0.717) is 11.5 Å². The van der Waals surface area contributed by atoms with Gasteiger partial charge in [-0.2, -0.15) is 0 Å². The van der Waals surface area contributed by atoms with E-state index in [4.69, 9.17) is 6.42 Å². The van der Waals surface area contributed by atoms with Crippen molar-refractivity contribution in [3.8, 4) is 12.3 Å². The standard InChI is InChI=1S/C15H27N/c1-6-12(3)16-14-10-8-13(9-11-14)15(4,5)7-2/h1,12-14,16H,7-11H2,2-5H3. The van der Waals surface area contributed by atoms with Crippen LogP contribution in [0.3, 0.4) is 0 Å². The second kappa shape index (κ2) is 5.73. The first-order valence-electron chi connectivity index (χ1n) is 6.71. The van der Waals surface area contributed by atoms with Gasteiger partial charge in [0.2, 0.25) is 0 Å². The quantitative estimate of drug-likeness (QED) is 0.715. The highest BCUT2D eigenvalue weighted by Gasteiger charge is 2.31. The first-order valence-corrected chi connectivity index (χ1v) is 6.71. The molecule has 1 N–H and O–H groups in total. The van der Waals surface area contributed by atoms with Crippen LogP contribution in [0.1, 0.15) is 59.8 Å². The molecule has 0 heterocycles. The maximum Gasteiger partial charge on any atom is 0.0660 e. The molecule has 1 aliphatic carbocycles. The molecule has 1 nitrogen and oxygen atoms in total. The fraction of sp³-hybridized carbons (Fsp3) is 0.867. The zero-order valence-electron chi connectivity index (χ0n) is 11.3. The Kier molecular flexibility index (Phi) is 4.87. The SMILES string of the molecule is C#CC(C)NC1CCC(C(C)(C)CC)CC1. The topological polar surface area (TPSA) is 12.0 Å². The van der Waals surface area contributed by atoms with Crippen molar-refractivity contribution >= 4 is 0 Å². The monoisotopic (exact) mass is 221 g/mol. The van der Waals surface area contributed by atoms with Crippen molar-refractivity contribution in [3.63, 3.8) is 0 Å². The Hall–Kier alpha value is -0.480. The minimum absolute atomic E-state index is 0.223. The van der Waals surface area contributed by atoms with Crippen LogP contribution in [-0.2, 0) is 0 Å². The van der Waals surface area contributed by atoms with Gasteiger partial charge in [0, 0.05) is 6.04 Å². The van der Waals surface area contributed by atoms with E-state index in [9.17, 15) is 0 Å². The summed E-state index contributed by atoms with van der Waals surface area (Å²) in [6.07, 6.45) is 12.0. The van der Waals surface area contributed by atoms with Crippen LogP contribution in [0.25, 0.3) is 0 Å². The zero-order valence-corrected chi connectivity index (χ0v) is 11.3. The second-order valence-corrected chi connectivity index (χ2v) is 5.95. The third-order valence-electron chi connectivity index (χ3n) is 4.48. The lowest BCUT2D eigenvalue weighted by Crippen LogP contribution is -2.40. The van der Waals surface area contributed by atoms with Gasteiger partial charge >= 0.3 is 0 Å². The highest BCUT2D eigenvalue weighted by Crippen LogP contribution is 2.40. The van der Waals surface area contributed by atoms with Crippen molar-refractivity contribution in [1.29, 1.82) is 0 Å². The van der Waals surface area contributed by atoms with Crippen LogP contribution >= 0.6 is 0 Å². The minimum Gasteiger partial charge on any atom is -0.301 e. The van der Waals surface area contributed by atoms with Gasteiger partial charge in [-0.3, -0.25) is 0 Å². The van der Waals surface area contributed by atoms with Crippen molar-refractivity contribution in [2.24, 2.45) is 11.3 Å². The van der Waals surface area contributed by atoms with E-state index in [0.717, 1.165) is 5.92 Å². The van der Waals surface area contributed by atoms with Gasteiger partial charge < -0.3 is 5.32 Å². The Morgan fingerprint density at radius 1 is 1.31 bits per heavy atom. The van der Waals surface area contributed by atoms with E-state index in [1.54, 1.807) is 0 Å². The molecule has 0 amide bonds. The van der Waals surface area contributed by atoms with E-state index < -0.39 is 0 Å². The van der Waals surface area contributed by atoms with Gasteiger partial charge in [0.1, 0.15) is 0 Å². The minimum atomic E-state index is 0.223. The maximum absolute atomic E-state index is 5.39. The molecule has 92 valence electrons. The third-order valence-corrected chi connectivity index (χ3v) is 4.48. The summed E-state index contributed by atoms with van der Waals surface area (Å²) in [5.74, 6) is 3.65. The summed E-state index contributed by atoms with van der Waals surface area (Å²) in [6.45, 7) is 9.21. The fourth-order valence-electron chi connectivity index (χ4n) is 2.73. The number of hydrogen-bond acceptors (Lipinski definition) is 1. The fourth-order valence-corrected chi connectivity index (χ4v) is 2.73. The highest BCUT2D eigenvalue weighted by atomic mass is 14.9. The summed E-state index contributed by atoms with van der Waals surface area (Å²) in [7, 11) is 0. The molecule has 1 aliphatic rings. The molecule has 1 fully saturated rings. The Morgan fingerprint density at radius 2 is 1.88 bits per heavy atom. The molecule has 0 spiro atoms. The molecule has 1 atom stereocenters. The lowest BCUT2D eigenvalue weighted by atomic mass is 9.69. The van der Waals surface area contributed by atoms with Gasteiger partial charge in [-0.05, 0) is 43.9 Å². The molecule has 0 saturated heterocycles. The first kappa shape index (κ1) is 13.6. The molecule has 0 aromatic rings. The predicted octanol–water partition coefficient (Wildman–Crippen LogP) is 3.59. The largest absolute Gasteiger partial charge is 0.301 e. The molecule has 1 rings (SSSR count). The summed E-state index contributed by atoms with van der Waals surface area (Å²) >= 11 is 0. The Bertz CT molecular complexity index is 241. The van der Waals surface area contributed by atoms with Crippen LogP contribution in [0.5, 0.6) is 0 Å². The van der Waals surface area contributed by atoms with Crippen LogP contribution in [0.2, 0.25) is 0 Å². The molecule has 0 bridgehead atoms. The van der Waals surface area contributed by atoms with E-state index in [1.165, 1.54) is 32.1 Å². The maximum atomic E-state index is 5.39. The average molecular weight is 221 g/mol. The van der Waals surface area contributed by atoms with Crippen molar-refractivity contribution in [2.75, 3.05) is 0 Å². The lowest BCUT2D eigenvalue weighted by Gasteiger charge is -2.39. The third kappa shape index (κ3) is 3.52. The summed E-state index contributed by atoms with van der Waals surface area (Å²) < 4.78 is 0. The molecule has 0 aromatic carbocycles. The van der Waals surface area contributed by atoms with E-state index in [-0.39, 0.29) is 6.04 Å². The smallest absolute Gasteiger partial charge is 0.0660 e. The van der Waals surface area contributed by atoms with Crippen LogP contribution < -0.4 is 5.32 Å². The first-order chi connectivity index (χ1) is 7.49. The lowest BCUT2D eigenvalue weighted by molar-refractivity contribution is 0.136. The Morgan fingerprint density at radius 3 is 2.31 bits per heavy atom. The van der Waals surface area contributed by atoms with Gasteiger partial charge in [-0.1, -0.05) is 33.1 Å². The van der Waals surface area contributed by atoms with Gasteiger partial charge in [0.05, 0.1) is 6.04 Å². The number of nitrogens with one attached hydrogen (secondary N) is 1. The average Bonchev–Trinajstić information content (AvgIpc) is 2.29. The molecule has 1 saturated carbocycles. The molecule has 1 heteroatoms. The van der Waals surface area contributed by atoms with Gasteiger partial charge in [-0.25, -0.2) is 0 Å². The van der Waals surface area contributed by atoms with Crippen LogP contribution in [0, 0.1) is 23.7 Å². The Balaban J connectivity index is 2.37. The van der Waals surface area contributed by atoms with E-state index in [2.05, 4.69) is 38.9 Å².